The number of carbonyl (C=O) groups is 3. The first-order chi connectivity index (χ1) is 8.41. The predicted octanol–water partition coefficient (Wildman–Crippen LogP) is 3.21. The maximum absolute atomic E-state index is 12.2. The highest BCUT2D eigenvalue weighted by molar-refractivity contribution is 9.10. The van der Waals surface area contributed by atoms with Gasteiger partial charge in [0, 0.05) is 16.5 Å². The monoisotopic (exact) mass is 310 g/mol. The van der Waals surface area contributed by atoms with Gasteiger partial charge in [0.1, 0.15) is 11.6 Å². The number of ketones is 3. The Labute approximate surface area is 115 Å². The zero-order chi connectivity index (χ0) is 13.7. The van der Waals surface area contributed by atoms with Gasteiger partial charge in [-0.3, -0.25) is 9.59 Å². The van der Waals surface area contributed by atoms with Crippen LogP contribution in [0.1, 0.15) is 37.0 Å². The van der Waals surface area contributed by atoms with Gasteiger partial charge < -0.3 is 4.79 Å². The molecule has 0 aromatic heterocycles. The van der Waals surface area contributed by atoms with E-state index in [0.29, 0.717) is 12.0 Å². The Morgan fingerprint density at radius 2 is 1.67 bits per heavy atom. The van der Waals surface area contributed by atoms with Crippen molar-refractivity contribution in [1.29, 1.82) is 0 Å². The molecule has 1 atom stereocenters. The first-order valence-corrected chi connectivity index (χ1v) is 6.50. The number of Topliss-reactive ketones (excluding diaryl/α,β-unsaturated/α-hetero) is 3. The van der Waals surface area contributed by atoms with E-state index in [2.05, 4.69) is 15.9 Å². The normalized spacial score (nSPS) is 11.9. The Morgan fingerprint density at radius 1 is 1.11 bits per heavy atom. The van der Waals surface area contributed by atoms with Crippen LogP contribution in [0.4, 0.5) is 0 Å². The number of rotatable bonds is 6. The van der Waals surface area contributed by atoms with Gasteiger partial charge in [-0.25, -0.2) is 0 Å². The Morgan fingerprint density at radius 3 is 2.11 bits per heavy atom. The molecule has 18 heavy (non-hydrogen) atoms. The highest BCUT2D eigenvalue weighted by Gasteiger charge is 2.24. The number of hydrogen-bond acceptors (Lipinski definition) is 3. The second-order valence-electron chi connectivity index (χ2n) is 4.28. The van der Waals surface area contributed by atoms with Crippen molar-refractivity contribution in [1.82, 2.24) is 0 Å². The van der Waals surface area contributed by atoms with E-state index in [1.165, 1.54) is 13.8 Å². The van der Waals surface area contributed by atoms with Gasteiger partial charge in [0.25, 0.3) is 0 Å². The van der Waals surface area contributed by atoms with Crippen LogP contribution in [-0.4, -0.2) is 17.3 Å². The maximum Gasteiger partial charge on any atom is 0.173 e. The predicted molar refractivity (Wildman–Crippen MR) is 72.6 cm³/mol. The molecule has 0 saturated carbocycles. The molecular weight excluding hydrogens is 296 g/mol. The van der Waals surface area contributed by atoms with Crippen molar-refractivity contribution in [2.45, 2.75) is 26.7 Å². The van der Waals surface area contributed by atoms with E-state index >= 15 is 0 Å². The fourth-order valence-corrected chi connectivity index (χ4v) is 1.95. The van der Waals surface area contributed by atoms with Gasteiger partial charge in [-0.05, 0) is 32.4 Å². The van der Waals surface area contributed by atoms with Gasteiger partial charge >= 0.3 is 0 Å². The molecule has 0 spiro atoms. The van der Waals surface area contributed by atoms with Crippen molar-refractivity contribution < 1.29 is 14.4 Å². The Hall–Kier alpha value is -1.29. The summed E-state index contributed by atoms with van der Waals surface area (Å²) in [5.41, 5.74) is 0.502. The molecule has 0 saturated heterocycles. The van der Waals surface area contributed by atoms with Gasteiger partial charge in [0.2, 0.25) is 0 Å². The summed E-state index contributed by atoms with van der Waals surface area (Å²) >= 11 is 3.29. The zero-order valence-corrected chi connectivity index (χ0v) is 12.0. The summed E-state index contributed by atoms with van der Waals surface area (Å²) in [7, 11) is 0. The molecule has 1 aromatic carbocycles. The molecule has 1 rings (SSSR count). The lowest BCUT2D eigenvalue weighted by Gasteiger charge is -2.11. The van der Waals surface area contributed by atoms with E-state index in [4.69, 9.17) is 0 Å². The molecule has 0 aliphatic carbocycles. The molecular formula is C14H15BrO3. The zero-order valence-electron chi connectivity index (χ0n) is 10.4. The molecule has 0 heterocycles. The average molecular weight is 311 g/mol. The quantitative estimate of drug-likeness (QED) is 0.599. The molecule has 1 unspecified atom stereocenters. The lowest BCUT2D eigenvalue weighted by Crippen LogP contribution is -2.22. The third-order valence-corrected chi connectivity index (χ3v) is 3.25. The van der Waals surface area contributed by atoms with Crippen molar-refractivity contribution in [3.05, 3.63) is 34.3 Å². The largest absolute Gasteiger partial charge is 0.300 e. The average Bonchev–Trinajstić information content (AvgIpc) is 2.29. The third kappa shape index (κ3) is 4.18. The number of carbonyl (C=O) groups excluding carboxylic acids is 3. The molecule has 0 aliphatic rings. The van der Waals surface area contributed by atoms with Crippen LogP contribution in [0.3, 0.4) is 0 Å². The second-order valence-corrected chi connectivity index (χ2v) is 5.19. The lowest BCUT2D eigenvalue weighted by molar-refractivity contribution is -0.120. The second kappa shape index (κ2) is 6.59. The number of halogens is 1. The molecule has 3 nitrogen and oxygen atoms in total. The molecule has 1 aromatic rings. The van der Waals surface area contributed by atoms with Gasteiger partial charge in [-0.2, -0.15) is 0 Å². The van der Waals surface area contributed by atoms with Crippen LogP contribution in [0.15, 0.2) is 28.7 Å². The van der Waals surface area contributed by atoms with E-state index < -0.39 is 5.92 Å². The highest BCUT2D eigenvalue weighted by atomic mass is 79.9. The van der Waals surface area contributed by atoms with Crippen molar-refractivity contribution in [3.63, 3.8) is 0 Å². The van der Waals surface area contributed by atoms with Crippen LogP contribution in [0, 0.1) is 5.92 Å². The van der Waals surface area contributed by atoms with E-state index in [9.17, 15) is 14.4 Å². The summed E-state index contributed by atoms with van der Waals surface area (Å²) in [6, 6.07) is 6.87. The van der Waals surface area contributed by atoms with Gasteiger partial charge in [0.05, 0.1) is 5.92 Å². The van der Waals surface area contributed by atoms with Crippen molar-refractivity contribution in [2.24, 2.45) is 5.92 Å². The first-order valence-electron chi connectivity index (χ1n) is 5.71. The molecule has 96 valence electrons. The molecule has 4 heteroatoms. The van der Waals surface area contributed by atoms with E-state index in [1.807, 2.05) is 0 Å². The molecule has 0 aliphatic heterocycles. The van der Waals surface area contributed by atoms with Crippen LogP contribution in [0.25, 0.3) is 0 Å². The summed E-state index contributed by atoms with van der Waals surface area (Å²) in [6.45, 7) is 2.85. The van der Waals surface area contributed by atoms with Crippen LogP contribution in [-0.2, 0) is 9.59 Å². The Balaban J connectivity index is 2.85. The fraction of sp³-hybridized carbons (Fsp3) is 0.357. The standard InChI is InChI=1S/C14H15BrO3/c1-9(16)3-8-13(10(2)17)14(18)11-4-6-12(15)7-5-11/h4-7,13H,3,8H2,1-2H3. The molecule has 0 radical (unpaired) electrons. The Bertz CT molecular complexity index is 462. The third-order valence-electron chi connectivity index (χ3n) is 2.72. The van der Waals surface area contributed by atoms with Gasteiger partial charge in [-0.1, -0.05) is 28.1 Å². The van der Waals surface area contributed by atoms with Crippen LogP contribution in [0.2, 0.25) is 0 Å². The van der Waals surface area contributed by atoms with Gasteiger partial charge in [-0.15, -0.1) is 0 Å². The number of hydrogen-bond donors (Lipinski definition) is 0. The molecule has 0 fully saturated rings. The SMILES string of the molecule is CC(=O)CCC(C(C)=O)C(=O)c1ccc(Br)cc1. The van der Waals surface area contributed by atoms with E-state index in [-0.39, 0.29) is 23.8 Å². The minimum absolute atomic E-state index is 0.00939. The van der Waals surface area contributed by atoms with Crippen molar-refractivity contribution in [2.75, 3.05) is 0 Å². The van der Waals surface area contributed by atoms with Crippen LogP contribution in [0.5, 0.6) is 0 Å². The summed E-state index contributed by atoms with van der Waals surface area (Å²) < 4.78 is 0.877. The summed E-state index contributed by atoms with van der Waals surface area (Å²) in [5.74, 6) is -1.12. The lowest BCUT2D eigenvalue weighted by atomic mass is 9.89. The minimum atomic E-state index is -0.713. The Kier molecular flexibility index (Phi) is 5.41. The fourth-order valence-electron chi connectivity index (χ4n) is 1.68. The highest BCUT2D eigenvalue weighted by Crippen LogP contribution is 2.18. The molecule has 0 N–H and O–H groups in total. The first kappa shape index (κ1) is 14.8. The van der Waals surface area contributed by atoms with E-state index in [0.717, 1.165) is 4.47 Å². The summed E-state index contributed by atoms with van der Waals surface area (Å²) in [4.78, 5) is 34.6. The van der Waals surface area contributed by atoms with Crippen molar-refractivity contribution in [3.8, 4) is 0 Å². The smallest absolute Gasteiger partial charge is 0.173 e. The van der Waals surface area contributed by atoms with E-state index in [1.54, 1.807) is 24.3 Å². The maximum atomic E-state index is 12.2. The van der Waals surface area contributed by atoms with Crippen molar-refractivity contribution >= 4 is 33.3 Å². The van der Waals surface area contributed by atoms with Crippen LogP contribution >= 0.6 is 15.9 Å². The minimum Gasteiger partial charge on any atom is -0.300 e. The number of benzene rings is 1. The van der Waals surface area contributed by atoms with Crippen LogP contribution < -0.4 is 0 Å². The summed E-state index contributed by atoms with van der Waals surface area (Å²) in [5, 5.41) is 0. The molecule has 0 bridgehead atoms. The summed E-state index contributed by atoms with van der Waals surface area (Å²) in [6.07, 6.45) is 0.548. The molecule has 0 amide bonds. The van der Waals surface area contributed by atoms with Gasteiger partial charge in [0.15, 0.2) is 5.78 Å². The topological polar surface area (TPSA) is 51.2 Å².